The average Bonchev–Trinajstić information content (AvgIpc) is 3.07. The van der Waals surface area contributed by atoms with E-state index in [1.807, 2.05) is 13.8 Å². The number of nitrogens with zero attached hydrogens (tertiary/aromatic N) is 4. The third-order valence-electron chi connectivity index (χ3n) is 4.60. The maximum absolute atomic E-state index is 12.6. The first kappa shape index (κ1) is 24.6. The molecule has 3 N–H and O–H groups in total. The van der Waals surface area contributed by atoms with Crippen molar-refractivity contribution in [2.45, 2.75) is 53.1 Å². The highest BCUT2D eigenvalue weighted by atomic mass is 19.4. The number of oxazole rings is 1. The average molecular weight is 442 g/mol. The van der Waals surface area contributed by atoms with Crippen LogP contribution < -0.4 is 10.6 Å². The van der Waals surface area contributed by atoms with Gasteiger partial charge in [0.05, 0.1) is 5.69 Å². The zero-order valence-corrected chi connectivity index (χ0v) is 18.2. The van der Waals surface area contributed by atoms with Crippen molar-refractivity contribution in [3.63, 3.8) is 0 Å². The summed E-state index contributed by atoms with van der Waals surface area (Å²) < 4.78 is 43.6. The molecule has 0 radical (unpaired) electrons. The normalized spacial score (nSPS) is 13.0. The van der Waals surface area contributed by atoms with E-state index in [0.717, 1.165) is 12.8 Å². The number of hydrogen-bond donors (Lipinski definition) is 3. The molecule has 11 heteroatoms. The number of aliphatic hydroxyl groups excluding tert-OH is 1. The van der Waals surface area contributed by atoms with Gasteiger partial charge < -0.3 is 20.2 Å². The van der Waals surface area contributed by atoms with Crippen LogP contribution in [0.2, 0.25) is 0 Å². The third kappa shape index (κ3) is 7.20. The predicted octanol–water partition coefficient (Wildman–Crippen LogP) is 4.66. The van der Waals surface area contributed by atoms with Crippen LogP contribution >= 0.6 is 0 Å². The Hall–Kier alpha value is -2.69. The summed E-state index contributed by atoms with van der Waals surface area (Å²) in [5.74, 6) is 1.43. The second-order valence-electron chi connectivity index (χ2n) is 7.12. The lowest BCUT2D eigenvalue weighted by Gasteiger charge is -2.16. The minimum atomic E-state index is -4.40. The number of aliphatic imine (C=N–C) groups is 1. The van der Waals surface area contributed by atoms with E-state index in [9.17, 15) is 18.3 Å². The second-order valence-corrected chi connectivity index (χ2v) is 7.12. The van der Waals surface area contributed by atoms with Gasteiger partial charge in [0.25, 0.3) is 0 Å². The molecule has 0 saturated carbocycles. The number of aryl methyl sites for hydroxylation is 2. The van der Waals surface area contributed by atoms with Crippen LogP contribution in [0.5, 0.6) is 0 Å². The van der Waals surface area contributed by atoms with Crippen molar-refractivity contribution in [2.24, 2.45) is 10.9 Å². The Morgan fingerprint density at radius 2 is 1.90 bits per heavy atom. The lowest BCUT2D eigenvalue weighted by atomic mass is 10.0. The molecule has 1 unspecified atom stereocenters. The summed E-state index contributed by atoms with van der Waals surface area (Å²) in [4.78, 5) is 17.0. The smallest absolute Gasteiger partial charge is 0.405 e. The van der Waals surface area contributed by atoms with Crippen molar-refractivity contribution in [3.05, 3.63) is 11.5 Å². The molecule has 0 aliphatic rings. The Kier molecular flexibility index (Phi) is 8.78. The van der Waals surface area contributed by atoms with Gasteiger partial charge in [0.15, 0.2) is 5.82 Å². The van der Waals surface area contributed by atoms with Crippen LogP contribution in [0.25, 0.3) is 11.5 Å². The molecular formula is C20H29F3N6O2. The standard InChI is InChI=1S/C20H29F3N6O2/c1-5-8-24-16-13(4)31-18(28-16)15-12(3)27-19(26-11-20(21,22)23)29-17(15)25-9-7-14(6-2)10-30/h8,14,30H,5-7,9-11H2,1-4H3,(H2,25,26,27,29)/b24-8-. The molecule has 0 aliphatic heterocycles. The Morgan fingerprint density at radius 1 is 1.16 bits per heavy atom. The predicted molar refractivity (Wildman–Crippen MR) is 114 cm³/mol. The molecule has 0 bridgehead atoms. The number of alkyl halides is 3. The Morgan fingerprint density at radius 3 is 2.52 bits per heavy atom. The molecule has 0 fully saturated rings. The summed E-state index contributed by atoms with van der Waals surface area (Å²) in [6.45, 7) is 6.58. The molecule has 0 amide bonds. The molecule has 2 aromatic rings. The molecule has 0 spiro atoms. The van der Waals surface area contributed by atoms with E-state index in [4.69, 9.17) is 4.42 Å². The van der Waals surface area contributed by atoms with E-state index in [1.165, 1.54) is 0 Å². The molecular weight excluding hydrogens is 413 g/mol. The number of aliphatic hydroxyl groups is 1. The fraction of sp³-hybridized carbons (Fsp3) is 0.600. The molecule has 2 rings (SSSR count). The topological polar surface area (TPSA) is 108 Å². The lowest BCUT2D eigenvalue weighted by molar-refractivity contribution is -0.115. The first-order valence-electron chi connectivity index (χ1n) is 10.2. The van der Waals surface area contributed by atoms with Crippen molar-refractivity contribution >= 4 is 23.8 Å². The quantitative estimate of drug-likeness (QED) is 0.435. The van der Waals surface area contributed by atoms with E-state index in [0.29, 0.717) is 41.6 Å². The SMILES string of the molecule is CC/C=N\c1nc(-c2c(C)nc(NCC(F)(F)F)nc2NCCC(CC)CO)oc1C. The van der Waals surface area contributed by atoms with Crippen LogP contribution in [0.15, 0.2) is 9.41 Å². The van der Waals surface area contributed by atoms with E-state index in [2.05, 4.69) is 30.6 Å². The van der Waals surface area contributed by atoms with Crippen molar-refractivity contribution in [1.29, 1.82) is 0 Å². The van der Waals surface area contributed by atoms with E-state index in [-0.39, 0.29) is 24.4 Å². The largest absolute Gasteiger partial charge is 0.439 e. The molecule has 1 atom stereocenters. The monoisotopic (exact) mass is 442 g/mol. The van der Waals surface area contributed by atoms with Crippen molar-refractivity contribution in [2.75, 3.05) is 30.3 Å². The summed E-state index contributed by atoms with van der Waals surface area (Å²) >= 11 is 0. The highest BCUT2D eigenvalue weighted by Crippen LogP contribution is 2.33. The van der Waals surface area contributed by atoms with Crippen molar-refractivity contribution < 1.29 is 22.7 Å². The Labute approximate surface area is 179 Å². The summed E-state index contributed by atoms with van der Waals surface area (Å²) in [6.07, 6.45) is -0.479. The summed E-state index contributed by atoms with van der Waals surface area (Å²) in [7, 11) is 0. The van der Waals surface area contributed by atoms with Crippen LogP contribution in [-0.4, -0.2) is 52.1 Å². The zero-order chi connectivity index (χ0) is 23.0. The summed E-state index contributed by atoms with van der Waals surface area (Å²) in [6, 6.07) is 0. The molecule has 0 aliphatic carbocycles. The molecule has 2 aromatic heterocycles. The van der Waals surface area contributed by atoms with Gasteiger partial charge in [-0.3, -0.25) is 0 Å². The summed E-state index contributed by atoms with van der Waals surface area (Å²) in [5.41, 5.74) is 0.860. The number of hydrogen-bond acceptors (Lipinski definition) is 8. The minimum absolute atomic E-state index is 0.0595. The van der Waals surface area contributed by atoms with E-state index in [1.54, 1.807) is 20.1 Å². The number of halogens is 3. The number of aromatic nitrogens is 3. The van der Waals surface area contributed by atoms with Gasteiger partial charge in [-0.25, -0.2) is 9.98 Å². The van der Waals surface area contributed by atoms with Crippen LogP contribution in [0.1, 0.15) is 44.6 Å². The van der Waals surface area contributed by atoms with Gasteiger partial charge in [0, 0.05) is 19.4 Å². The van der Waals surface area contributed by atoms with Gasteiger partial charge in [-0.15, -0.1) is 0 Å². The number of rotatable bonds is 11. The molecule has 8 nitrogen and oxygen atoms in total. The van der Waals surface area contributed by atoms with Crippen molar-refractivity contribution in [1.82, 2.24) is 15.0 Å². The van der Waals surface area contributed by atoms with Crippen LogP contribution in [0.3, 0.4) is 0 Å². The molecule has 0 saturated heterocycles. The second kappa shape index (κ2) is 11.1. The fourth-order valence-corrected chi connectivity index (χ4v) is 2.83. The van der Waals surface area contributed by atoms with Gasteiger partial charge in [-0.05, 0) is 32.6 Å². The third-order valence-corrected chi connectivity index (χ3v) is 4.60. The molecule has 172 valence electrons. The summed E-state index contributed by atoms with van der Waals surface area (Å²) in [5, 5.41) is 14.7. The molecule has 0 aromatic carbocycles. The Bertz CT molecular complexity index is 879. The van der Waals surface area contributed by atoms with Crippen molar-refractivity contribution in [3.8, 4) is 11.5 Å². The highest BCUT2D eigenvalue weighted by Gasteiger charge is 2.28. The number of anilines is 2. The Balaban J connectivity index is 2.39. The van der Waals surface area contributed by atoms with Crippen LogP contribution in [0.4, 0.5) is 30.8 Å². The fourth-order valence-electron chi connectivity index (χ4n) is 2.83. The number of nitrogens with one attached hydrogen (secondary N) is 2. The minimum Gasteiger partial charge on any atom is -0.439 e. The van der Waals surface area contributed by atoms with Gasteiger partial charge in [0.2, 0.25) is 11.8 Å². The lowest BCUT2D eigenvalue weighted by Crippen LogP contribution is -2.23. The van der Waals surface area contributed by atoms with Crippen LogP contribution in [0, 0.1) is 19.8 Å². The van der Waals surface area contributed by atoms with Gasteiger partial charge in [0.1, 0.15) is 23.7 Å². The first-order valence-corrected chi connectivity index (χ1v) is 10.2. The van der Waals surface area contributed by atoms with Gasteiger partial charge >= 0.3 is 6.18 Å². The maximum atomic E-state index is 12.6. The molecule has 2 heterocycles. The van der Waals surface area contributed by atoms with Crippen LogP contribution in [-0.2, 0) is 0 Å². The maximum Gasteiger partial charge on any atom is 0.405 e. The highest BCUT2D eigenvalue weighted by molar-refractivity contribution is 5.74. The molecule has 31 heavy (non-hydrogen) atoms. The first-order chi connectivity index (χ1) is 14.7. The van der Waals surface area contributed by atoms with E-state index < -0.39 is 12.7 Å². The zero-order valence-electron chi connectivity index (χ0n) is 18.2. The van der Waals surface area contributed by atoms with Gasteiger partial charge in [-0.1, -0.05) is 20.3 Å². The van der Waals surface area contributed by atoms with E-state index >= 15 is 0 Å². The van der Waals surface area contributed by atoms with Gasteiger partial charge in [-0.2, -0.15) is 23.1 Å².